The second kappa shape index (κ2) is 15.9. The third-order valence-electron chi connectivity index (χ3n) is 6.54. The molecule has 2 aromatic carbocycles. The molecule has 0 bridgehead atoms. The van der Waals surface area contributed by atoms with Gasteiger partial charge >= 0.3 is 0 Å². The van der Waals surface area contributed by atoms with Gasteiger partial charge < -0.3 is 0 Å². The van der Waals surface area contributed by atoms with E-state index >= 15 is 0 Å². The summed E-state index contributed by atoms with van der Waals surface area (Å²) in [5.41, 5.74) is 6.48. The molecule has 0 aromatic heterocycles. The number of carbonyl (C=O) groups is 4. The molecular weight excluding hydrogens is 627 g/mol. The Labute approximate surface area is 276 Å². The van der Waals surface area contributed by atoms with Gasteiger partial charge in [0.2, 0.25) is 0 Å². The summed E-state index contributed by atoms with van der Waals surface area (Å²) in [5.74, 6) is -2.26. The Hall–Kier alpha value is -5.68. The van der Waals surface area contributed by atoms with Gasteiger partial charge in [-0.3, -0.25) is 30.0 Å². The third-order valence-corrected chi connectivity index (χ3v) is 7.04. The summed E-state index contributed by atoms with van der Waals surface area (Å²) < 4.78 is 0. The molecule has 0 aliphatic carbocycles. The molecule has 1 heterocycles. The van der Waals surface area contributed by atoms with Crippen LogP contribution in [0, 0.1) is 22.7 Å². The molecule has 10 nitrogen and oxygen atoms in total. The van der Waals surface area contributed by atoms with Gasteiger partial charge in [0.05, 0.1) is 0 Å². The lowest BCUT2D eigenvalue weighted by Gasteiger charge is -2.26. The van der Waals surface area contributed by atoms with E-state index in [1.54, 1.807) is 48.5 Å². The van der Waals surface area contributed by atoms with Crippen molar-refractivity contribution in [1.29, 1.82) is 10.5 Å². The van der Waals surface area contributed by atoms with Crippen molar-refractivity contribution >= 4 is 46.6 Å². The van der Waals surface area contributed by atoms with Gasteiger partial charge in [-0.05, 0) is 99.5 Å². The van der Waals surface area contributed by atoms with E-state index in [4.69, 9.17) is 23.2 Å². The number of nitrogens with one attached hydrogen (secondary N) is 2. The minimum Gasteiger partial charge on any atom is -0.299 e. The van der Waals surface area contributed by atoms with Gasteiger partial charge in [0, 0.05) is 57.1 Å². The highest BCUT2D eigenvalue weighted by atomic mass is 35.5. The lowest BCUT2D eigenvalue weighted by molar-refractivity contribution is -0.127. The predicted octanol–water partition coefficient (Wildman–Crippen LogP) is 6.25. The SMILES string of the molecule is C/C1=C/C(C)=C(\C#N)C(=O)N(N/C=C/C(=O)c2ccc(Cl)cc2)/C(C)=C/C(C)=C(/C#N)C(=O)N1N/C=C/C(=O)c1ccc(Cl)cc1. The van der Waals surface area contributed by atoms with Gasteiger partial charge in [-0.1, -0.05) is 23.2 Å². The first kappa shape index (κ1) is 34.8. The highest BCUT2D eigenvalue weighted by molar-refractivity contribution is 6.31. The van der Waals surface area contributed by atoms with E-state index in [0.29, 0.717) is 21.2 Å². The summed E-state index contributed by atoms with van der Waals surface area (Å²) in [5, 5.41) is 22.9. The first-order valence-electron chi connectivity index (χ1n) is 13.6. The number of carbonyl (C=O) groups excluding carboxylic acids is 4. The number of ketones is 2. The number of nitriles is 2. The summed E-state index contributed by atoms with van der Waals surface area (Å²) in [6, 6.07) is 16.3. The maximum atomic E-state index is 13.7. The fourth-order valence-corrected chi connectivity index (χ4v) is 4.42. The second-order valence-electron chi connectivity index (χ2n) is 9.86. The topological polar surface area (TPSA) is 146 Å². The molecule has 1 aliphatic rings. The molecule has 0 fully saturated rings. The van der Waals surface area contributed by atoms with Crippen LogP contribution in [0.5, 0.6) is 0 Å². The largest absolute Gasteiger partial charge is 0.299 e. The quantitative estimate of drug-likeness (QED) is 0.251. The fraction of sp³-hybridized carbons (Fsp3) is 0.118. The Morgan fingerprint density at radius 1 is 0.652 bits per heavy atom. The van der Waals surface area contributed by atoms with Crippen LogP contribution in [0.4, 0.5) is 0 Å². The van der Waals surface area contributed by atoms with Gasteiger partial charge in [-0.15, -0.1) is 0 Å². The normalized spacial score (nSPS) is 20.2. The summed E-state index contributed by atoms with van der Waals surface area (Å²) >= 11 is 11.8. The number of rotatable bonds is 8. The van der Waals surface area contributed by atoms with Crippen molar-refractivity contribution in [3.8, 4) is 12.1 Å². The summed E-state index contributed by atoms with van der Waals surface area (Å²) in [6.07, 6.45) is 7.71. The summed E-state index contributed by atoms with van der Waals surface area (Å²) in [6.45, 7) is 6.08. The number of nitrogens with zero attached hydrogens (tertiary/aromatic N) is 4. The summed E-state index contributed by atoms with van der Waals surface area (Å²) in [4.78, 5) is 52.5. The van der Waals surface area contributed by atoms with Crippen LogP contribution in [-0.4, -0.2) is 33.4 Å². The molecule has 0 unspecified atom stereocenters. The van der Waals surface area contributed by atoms with Gasteiger partial charge in [0.15, 0.2) is 11.6 Å². The zero-order chi connectivity index (χ0) is 34.0. The van der Waals surface area contributed by atoms with Crippen LogP contribution in [0.3, 0.4) is 0 Å². The zero-order valence-corrected chi connectivity index (χ0v) is 26.8. The lowest BCUT2D eigenvalue weighted by Crippen LogP contribution is -2.41. The molecule has 0 spiro atoms. The number of benzene rings is 2. The zero-order valence-electron chi connectivity index (χ0n) is 25.3. The Morgan fingerprint density at radius 3 is 1.28 bits per heavy atom. The van der Waals surface area contributed by atoms with Crippen LogP contribution in [0.2, 0.25) is 10.0 Å². The van der Waals surface area contributed by atoms with Crippen LogP contribution in [0.1, 0.15) is 48.4 Å². The van der Waals surface area contributed by atoms with Gasteiger partial charge in [-0.2, -0.15) is 10.5 Å². The molecule has 0 radical (unpaired) electrons. The maximum absolute atomic E-state index is 13.7. The number of allylic oxidation sites excluding steroid dienone is 8. The number of hydrazine groups is 2. The molecular formula is C34H28Cl2N6O4. The van der Waals surface area contributed by atoms with Crippen molar-refractivity contribution in [2.24, 2.45) is 0 Å². The lowest BCUT2D eigenvalue weighted by atomic mass is 10.1. The van der Waals surface area contributed by atoms with Gasteiger partial charge in [0.1, 0.15) is 23.3 Å². The van der Waals surface area contributed by atoms with Crippen molar-refractivity contribution in [3.05, 3.63) is 140 Å². The average molecular weight is 656 g/mol. The van der Waals surface area contributed by atoms with Crippen molar-refractivity contribution in [2.75, 3.05) is 0 Å². The van der Waals surface area contributed by atoms with Crippen LogP contribution in [0.25, 0.3) is 0 Å². The molecule has 232 valence electrons. The Bertz CT molecular complexity index is 1700. The molecule has 0 saturated heterocycles. The highest BCUT2D eigenvalue weighted by Crippen LogP contribution is 2.20. The van der Waals surface area contributed by atoms with E-state index in [1.807, 2.05) is 12.1 Å². The minimum atomic E-state index is -0.757. The number of amides is 2. The number of hydrogen-bond acceptors (Lipinski definition) is 8. The first-order valence-corrected chi connectivity index (χ1v) is 14.4. The van der Waals surface area contributed by atoms with Crippen LogP contribution in [0.15, 0.2) is 119 Å². The van der Waals surface area contributed by atoms with E-state index in [2.05, 4.69) is 10.9 Å². The maximum Gasteiger partial charge on any atom is 0.287 e. The Kier molecular flexibility index (Phi) is 12.0. The van der Waals surface area contributed by atoms with Crippen molar-refractivity contribution < 1.29 is 19.2 Å². The van der Waals surface area contributed by atoms with Crippen LogP contribution >= 0.6 is 23.2 Å². The highest BCUT2D eigenvalue weighted by Gasteiger charge is 2.26. The van der Waals surface area contributed by atoms with Crippen molar-refractivity contribution in [3.63, 3.8) is 0 Å². The van der Waals surface area contributed by atoms with Crippen molar-refractivity contribution in [1.82, 2.24) is 20.9 Å². The molecule has 2 amide bonds. The second-order valence-corrected chi connectivity index (χ2v) is 10.7. The molecule has 0 saturated carbocycles. The standard InChI is InChI=1S/C34H28Cl2N6O4/c1-21-17-23(3)41(39-15-13-31(43)25-5-9-27(35)10-6-25)34(46)30(20-38)22(2)18-24(4)42(33(45)29(21)19-37)40-16-14-32(44)26-7-11-28(36)12-8-26/h5-18,39-40H,1-4H3/b15-13+,16-14+,23-17-,24-18+,29-21+,30-22-. The van der Waals surface area contributed by atoms with E-state index in [-0.39, 0.29) is 45.3 Å². The average Bonchev–Trinajstić information content (AvgIpc) is 3.01. The third kappa shape index (κ3) is 8.70. The van der Waals surface area contributed by atoms with Gasteiger partial charge in [-0.25, -0.2) is 10.0 Å². The number of halogens is 2. The van der Waals surface area contributed by atoms with E-state index in [9.17, 15) is 29.7 Å². The molecule has 46 heavy (non-hydrogen) atoms. The summed E-state index contributed by atoms with van der Waals surface area (Å²) in [7, 11) is 0. The first-order chi connectivity index (χ1) is 21.9. The van der Waals surface area contributed by atoms with E-state index < -0.39 is 11.8 Å². The smallest absolute Gasteiger partial charge is 0.287 e. The monoisotopic (exact) mass is 654 g/mol. The van der Waals surface area contributed by atoms with Crippen LogP contribution < -0.4 is 10.9 Å². The molecule has 12 heteroatoms. The van der Waals surface area contributed by atoms with Crippen LogP contribution in [-0.2, 0) is 9.59 Å². The van der Waals surface area contributed by atoms with E-state index in [1.165, 1.54) is 64.4 Å². The van der Waals surface area contributed by atoms with E-state index in [0.717, 1.165) is 10.0 Å². The fourth-order valence-electron chi connectivity index (χ4n) is 4.17. The Balaban J connectivity index is 2.01. The molecule has 2 N–H and O–H groups in total. The molecule has 3 rings (SSSR count). The minimum absolute atomic E-state index is 0.200. The molecule has 0 atom stereocenters. The van der Waals surface area contributed by atoms with Crippen molar-refractivity contribution in [2.45, 2.75) is 27.7 Å². The Morgan fingerprint density at radius 2 is 0.978 bits per heavy atom. The molecule has 1 aliphatic heterocycles. The van der Waals surface area contributed by atoms with Gasteiger partial charge in [0.25, 0.3) is 11.8 Å². The predicted molar refractivity (Wildman–Crippen MR) is 174 cm³/mol. The number of hydrogen-bond donors (Lipinski definition) is 2. The molecule has 2 aromatic rings.